The minimum atomic E-state index is -0.337. The van der Waals surface area contributed by atoms with E-state index in [1.54, 1.807) is 18.3 Å². The van der Waals surface area contributed by atoms with E-state index in [4.69, 9.17) is 5.73 Å². The van der Waals surface area contributed by atoms with Crippen LogP contribution in [0.2, 0.25) is 0 Å². The summed E-state index contributed by atoms with van der Waals surface area (Å²) in [5, 5.41) is 2.98. The van der Waals surface area contributed by atoms with E-state index in [2.05, 4.69) is 24.1 Å². The van der Waals surface area contributed by atoms with Crippen molar-refractivity contribution in [3.63, 3.8) is 0 Å². The van der Waals surface area contributed by atoms with E-state index in [0.717, 1.165) is 6.42 Å². The van der Waals surface area contributed by atoms with Gasteiger partial charge in [-0.3, -0.25) is 4.79 Å². The van der Waals surface area contributed by atoms with Gasteiger partial charge in [-0.2, -0.15) is 0 Å². The molecule has 1 rings (SSSR count). The Hall–Kier alpha value is -1.29. The smallest absolute Gasteiger partial charge is 0.268 e. The number of nitrogens with two attached hydrogens (primary N) is 1. The summed E-state index contributed by atoms with van der Waals surface area (Å²) >= 11 is 0. The molecule has 0 aliphatic rings. The molecule has 0 radical (unpaired) electrons. The molecule has 1 amide bonds. The van der Waals surface area contributed by atoms with Crippen LogP contribution in [0.4, 0.5) is 0 Å². The van der Waals surface area contributed by atoms with E-state index in [1.807, 2.05) is 6.92 Å². The summed E-state index contributed by atoms with van der Waals surface area (Å²) in [6.07, 6.45) is 2.60. The Morgan fingerprint density at radius 1 is 1.62 bits per heavy atom. The van der Waals surface area contributed by atoms with Crippen LogP contribution in [-0.4, -0.2) is 23.0 Å². The Balaban J connectivity index is 2.66. The number of aromatic amines is 1. The standard InChI is InChI=1S/C12H21N3O/c1-9(2)7-12(3,8-13)15-11(16)10-5-4-6-14-10/h4-6,9,14H,7-8,13H2,1-3H3,(H,15,16). The van der Waals surface area contributed by atoms with Gasteiger partial charge >= 0.3 is 0 Å². The third-order valence-corrected chi connectivity index (χ3v) is 2.57. The van der Waals surface area contributed by atoms with Crippen molar-refractivity contribution in [3.8, 4) is 0 Å². The number of aromatic nitrogens is 1. The zero-order valence-electron chi connectivity index (χ0n) is 10.2. The van der Waals surface area contributed by atoms with E-state index >= 15 is 0 Å². The maximum absolute atomic E-state index is 11.9. The van der Waals surface area contributed by atoms with Gasteiger partial charge in [0.15, 0.2) is 0 Å². The quantitative estimate of drug-likeness (QED) is 0.708. The van der Waals surface area contributed by atoms with Crippen molar-refractivity contribution in [2.75, 3.05) is 6.54 Å². The highest BCUT2D eigenvalue weighted by molar-refractivity contribution is 5.92. The van der Waals surface area contributed by atoms with Gasteiger partial charge < -0.3 is 16.0 Å². The van der Waals surface area contributed by atoms with E-state index in [9.17, 15) is 4.79 Å². The number of amides is 1. The number of nitrogens with one attached hydrogen (secondary N) is 2. The van der Waals surface area contributed by atoms with Crippen molar-refractivity contribution in [3.05, 3.63) is 24.0 Å². The lowest BCUT2D eigenvalue weighted by molar-refractivity contribution is 0.0893. The van der Waals surface area contributed by atoms with Crippen LogP contribution in [-0.2, 0) is 0 Å². The first kappa shape index (κ1) is 12.8. The molecule has 0 aliphatic carbocycles. The number of rotatable bonds is 5. The number of H-pyrrole nitrogens is 1. The van der Waals surface area contributed by atoms with Crippen LogP contribution in [0, 0.1) is 5.92 Å². The van der Waals surface area contributed by atoms with Gasteiger partial charge in [0.25, 0.3) is 5.91 Å². The molecule has 0 fully saturated rings. The van der Waals surface area contributed by atoms with Gasteiger partial charge in [-0.15, -0.1) is 0 Å². The second kappa shape index (κ2) is 5.16. The van der Waals surface area contributed by atoms with Crippen molar-refractivity contribution in [2.45, 2.75) is 32.7 Å². The van der Waals surface area contributed by atoms with Gasteiger partial charge in [-0.25, -0.2) is 0 Å². The zero-order chi connectivity index (χ0) is 12.2. The molecule has 4 heteroatoms. The van der Waals surface area contributed by atoms with Crippen molar-refractivity contribution >= 4 is 5.91 Å². The average molecular weight is 223 g/mol. The second-order valence-electron chi connectivity index (χ2n) is 4.90. The molecule has 1 unspecified atom stereocenters. The van der Waals surface area contributed by atoms with Gasteiger partial charge in [-0.05, 0) is 31.4 Å². The topological polar surface area (TPSA) is 70.9 Å². The highest BCUT2D eigenvalue weighted by Crippen LogP contribution is 2.15. The number of carbonyl (C=O) groups is 1. The molecule has 90 valence electrons. The molecule has 16 heavy (non-hydrogen) atoms. The van der Waals surface area contributed by atoms with Crippen LogP contribution in [0.5, 0.6) is 0 Å². The molecular weight excluding hydrogens is 202 g/mol. The summed E-state index contributed by atoms with van der Waals surface area (Å²) in [6, 6.07) is 3.55. The Bertz CT molecular complexity index is 332. The number of hydrogen-bond acceptors (Lipinski definition) is 2. The van der Waals surface area contributed by atoms with Crippen molar-refractivity contribution < 1.29 is 4.79 Å². The summed E-state index contributed by atoms with van der Waals surface area (Å²) in [5.41, 5.74) is 5.97. The molecule has 0 aromatic carbocycles. The first-order valence-corrected chi connectivity index (χ1v) is 5.63. The van der Waals surface area contributed by atoms with Crippen molar-refractivity contribution in [1.29, 1.82) is 0 Å². The summed E-state index contributed by atoms with van der Waals surface area (Å²) in [7, 11) is 0. The van der Waals surface area contributed by atoms with Crippen LogP contribution < -0.4 is 11.1 Å². The predicted molar refractivity (Wildman–Crippen MR) is 65.2 cm³/mol. The first-order chi connectivity index (χ1) is 7.47. The highest BCUT2D eigenvalue weighted by atomic mass is 16.2. The Morgan fingerprint density at radius 3 is 2.75 bits per heavy atom. The largest absolute Gasteiger partial charge is 0.357 e. The summed E-state index contributed by atoms with van der Waals surface area (Å²) in [5.74, 6) is 0.399. The van der Waals surface area contributed by atoms with E-state index in [-0.39, 0.29) is 11.4 Å². The lowest BCUT2D eigenvalue weighted by Crippen LogP contribution is -2.52. The molecule has 1 aromatic heterocycles. The number of carbonyl (C=O) groups excluding carboxylic acids is 1. The molecule has 0 spiro atoms. The van der Waals surface area contributed by atoms with Gasteiger partial charge in [0, 0.05) is 12.7 Å². The zero-order valence-corrected chi connectivity index (χ0v) is 10.2. The van der Waals surface area contributed by atoms with Crippen molar-refractivity contribution in [1.82, 2.24) is 10.3 Å². The Morgan fingerprint density at radius 2 is 2.31 bits per heavy atom. The number of hydrogen-bond donors (Lipinski definition) is 3. The van der Waals surface area contributed by atoms with Crippen molar-refractivity contribution in [2.24, 2.45) is 11.7 Å². The second-order valence-corrected chi connectivity index (χ2v) is 4.90. The lowest BCUT2D eigenvalue weighted by Gasteiger charge is -2.31. The van der Waals surface area contributed by atoms with Crippen LogP contribution in [0.3, 0.4) is 0 Å². The molecule has 1 aromatic rings. The molecule has 0 saturated heterocycles. The van der Waals surface area contributed by atoms with Crippen LogP contribution in [0.1, 0.15) is 37.7 Å². The fourth-order valence-electron chi connectivity index (χ4n) is 1.90. The van der Waals surface area contributed by atoms with Gasteiger partial charge in [0.1, 0.15) is 5.69 Å². The maximum Gasteiger partial charge on any atom is 0.268 e. The summed E-state index contributed by atoms with van der Waals surface area (Å²) in [6.45, 7) is 6.66. The highest BCUT2D eigenvalue weighted by Gasteiger charge is 2.26. The van der Waals surface area contributed by atoms with Gasteiger partial charge in [0.05, 0.1) is 5.54 Å². The minimum Gasteiger partial charge on any atom is -0.357 e. The van der Waals surface area contributed by atoms with E-state index in [1.165, 1.54) is 0 Å². The SMILES string of the molecule is CC(C)CC(C)(CN)NC(=O)c1ccc[nH]1. The van der Waals surface area contributed by atoms with E-state index < -0.39 is 0 Å². The summed E-state index contributed by atoms with van der Waals surface area (Å²) in [4.78, 5) is 14.7. The Kier molecular flexibility index (Phi) is 4.12. The van der Waals surface area contributed by atoms with Crippen LogP contribution in [0.25, 0.3) is 0 Å². The Labute approximate surface area is 96.6 Å². The lowest BCUT2D eigenvalue weighted by atomic mass is 9.90. The fraction of sp³-hybridized carbons (Fsp3) is 0.583. The molecule has 0 saturated carbocycles. The summed E-state index contributed by atoms with van der Waals surface area (Å²) < 4.78 is 0. The molecule has 1 heterocycles. The van der Waals surface area contributed by atoms with Crippen LogP contribution >= 0.6 is 0 Å². The van der Waals surface area contributed by atoms with E-state index in [0.29, 0.717) is 18.2 Å². The molecular formula is C12H21N3O. The normalized spacial score (nSPS) is 14.8. The third-order valence-electron chi connectivity index (χ3n) is 2.57. The first-order valence-electron chi connectivity index (χ1n) is 5.63. The fourth-order valence-corrected chi connectivity index (χ4v) is 1.90. The van der Waals surface area contributed by atoms with Gasteiger partial charge in [-0.1, -0.05) is 13.8 Å². The molecule has 1 atom stereocenters. The molecule has 4 nitrogen and oxygen atoms in total. The third kappa shape index (κ3) is 3.38. The molecule has 0 aliphatic heterocycles. The monoisotopic (exact) mass is 223 g/mol. The predicted octanol–water partition coefficient (Wildman–Crippen LogP) is 1.51. The average Bonchev–Trinajstić information content (AvgIpc) is 2.69. The molecule has 4 N–H and O–H groups in total. The maximum atomic E-state index is 11.9. The van der Waals surface area contributed by atoms with Crippen LogP contribution in [0.15, 0.2) is 18.3 Å². The van der Waals surface area contributed by atoms with Gasteiger partial charge in [0.2, 0.25) is 0 Å². The minimum absolute atomic E-state index is 0.0985. The molecule has 0 bridgehead atoms.